The van der Waals surface area contributed by atoms with Gasteiger partial charge in [0.1, 0.15) is 60.1 Å². The van der Waals surface area contributed by atoms with Gasteiger partial charge in [-0.05, 0) is 73.1 Å². The van der Waals surface area contributed by atoms with Crippen LogP contribution in [0.2, 0.25) is 0 Å². The van der Waals surface area contributed by atoms with Crippen LogP contribution in [0.4, 0.5) is 0 Å². The van der Waals surface area contributed by atoms with Gasteiger partial charge in [0.15, 0.2) is 5.96 Å². The summed E-state index contributed by atoms with van der Waals surface area (Å²) in [5, 5.41) is 50.8. The van der Waals surface area contributed by atoms with E-state index in [1.54, 1.807) is 71.9 Å². The standard InChI is InChI=1S/C62H89N17O14/c1-7-35(6)51(78-56(87)44(25-37-17-19-40(80)20-18-37)74-58(89)50(34(4)5)77-53(84)42(15-11-21-68-62(64)65)71-52(83)41(63)28-49(81)82)59(90)75-46(27-39-30-67-32-70-39)60(91)79-22-12-16-48(79)57(88)73-43(24-36-13-9-8-10-14-36)54(85)72-45(26-38-29-66-31-69-38)55(86)76-47(61(92)93)23-33(2)3/h8-10,13-14,17-20,29-35,41-48,50-51,80H,7,11-12,15-16,21-28,63H2,1-6H3,(H,66,69)(H,67,70)(H,71,83)(H,72,85)(H,73,88)(H,74,89)(H,75,90)(H,76,86)(H,77,84)(H,78,87)(H,81,82)(H,92,93)(H4,64,65,68). The van der Waals surface area contributed by atoms with Crippen molar-refractivity contribution in [3.63, 3.8) is 0 Å². The van der Waals surface area contributed by atoms with Crippen LogP contribution >= 0.6 is 0 Å². The van der Waals surface area contributed by atoms with Gasteiger partial charge in [0.05, 0.1) is 25.1 Å². The molecule has 31 nitrogen and oxygen atoms in total. The Hall–Kier alpha value is -9.94. The topological polar surface area (TPSA) is 496 Å². The van der Waals surface area contributed by atoms with Gasteiger partial charge in [-0.2, -0.15) is 0 Å². The summed E-state index contributed by atoms with van der Waals surface area (Å²) in [5.41, 5.74) is 18.7. The summed E-state index contributed by atoms with van der Waals surface area (Å²) >= 11 is 0. The molecule has 1 fully saturated rings. The number of carbonyl (C=O) groups excluding carboxylic acids is 9. The molecule has 5 rings (SSSR count). The van der Waals surface area contributed by atoms with E-state index < -0.39 is 144 Å². The second-order valence-electron chi connectivity index (χ2n) is 23.9. The van der Waals surface area contributed by atoms with Crippen LogP contribution in [0, 0.1) is 17.8 Å². The minimum Gasteiger partial charge on any atom is -0.508 e. The Balaban J connectivity index is 1.40. The molecule has 19 N–H and O–H groups in total. The van der Waals surface area contributed by atoms with Gasteiger partial charge in [-0.15, -0.1) is 0 Å². The first kappa shape index (κ1) is 73.8. The summed E-state index contributed by atoms with van der Waals surface area (Å²) in [6.07, 6.45) is 5.26. The van der Waals surface area contributed by atoms with Crippen LogP contribution in [0.3, 0.4) is 0 Å². The minimum absolute atomic E-state index is 0.0425. The molecule has 0 spiro atoms. The number of nitrogens with two attached hydrogens (primary N) is 3. The number of aliphatic imine (C=N–C) groups is 1. The Labute approximate surface area is 538 Å². The molecule has 31 heteroatoms. The first-order valence-electron chi connectivity index (χ1n) is 30.9. The van der Waals surface area contributed by atoms with Gasteiger partial charge in [0.2, 0.25) is 53.2 Å². The number of aromatic amines is 2. The maximum Gasteiger partial charge on any atom is 0.326 e. The Morgan fingerprint density at radius 1 is 0.624 bits per heavy atom. The lowest BCUT2D eigenvalue weighted by molar-refractivity contribution is -0.143. The highest BCUT2D eigenvalue weighted by Gasteiger charge is 2.42. The number of aliphatic carboxylic acids is 2. The molecule has 506 valence electrons. The van der Waals surface area contributed by atoms with Crippen molar-refractivity contribution < 1.29 is 68.1 Å². The second kappa shape index (κ2) is 36.2. The fourth-order valence-corrected chi connectivity index (χ4v) is 10.4. The molecule has 1 saturated heterocycles. The predicted molar refractivity (Wildman–Crippen MR) is 338 cm³/mol. The lowest BCUT2D eigenvalue weighted by Gasteiger charge is -2.32. The molecule has 93 heavy (non-hydrogen) atoms. The summed E-state index contributed by atoms with van der Waals surface area (Å²) < 4.78 is 0. The molecular formula is C62H89N17O14. The Morgan fingerprint density at radius 3 is 1.68 bits per heavy atom. The molecule has 11 unspecified atom stereocenters. The molecule has 4 aromatic rings. The largest absolute Gasteiger partial charge is 0.508 e. The number of rotatable bonds is 37. The normalized spacial score (nSPS) is 16.1. The van der Waals surface area contributed by atoms with Crippen molar-refractivity contribution in [2.45, 2.75) is 173 Å². The van der Waals surface area contributed by atoms with Gasteiger partial charge < -0.3 is 89.9 Å². The number of nitrogens with one attached hydrogen (secondary N) is 10. The van der Waals surface area contributed by atoms with Crippen LogP contribution in [0.25, 0.3) is 0 Å². The third-order valence-electron chi connectivity index (χ3n) is 15.6. The fraction of sp³-hybridized carbons (Fsp3) is 0.516. The van der Waals surface area contributed by atoms with Crippen LogP contribution < -0.4 is 59.7 Å². The zero-order chi connectivity index (χ0) is 68.5. The summed E-state index contributed by atoms with van der Waals surface area (Å²) in [6, 6.07) is 0.810. The average molecular weight is 1300 g/mol. The van der Waals surface area contributed by atoms with Crippen LogP contribution in [-0.2, 0) is 78.4 Å². The number of carboxylic acids is 2. The smallest absolute Gasteiger partial charge is 0.326 e. The average Bonchev–Trinajstić information content (AvgIpc) is 1.81. The number of carboxylic acid groups (broad SMARTS) is 2. The zero-order valence-electron chi connectivity index (χ0n) is 53.1. The van der Waals surface area contributed by atoms with E-state index in [-0.39, 0.29) is 82.1 Å². The molecule has 9 amide bonds. The molecule has 0 aliphatic carbocycles. The number of hydrogen-bond acceptors (Lipinski definition) is 16. The third kappa shape index (κ3) is 23.7. The van der Waals surface area contributed by atoms with Gasteiger partial charge in [-0.3, -0.25) is 52.9 Å². The maximum absolute atomic E-state index is 15.1. The SMILES string of the molecule is CCC(C)C(NC(=O)C(Cc1ccc(O)cc1)NC(=O)C(NC(=O)C(CCCN=C(N)N)NC(=O)C(N)CC(=O)O)C(C)C)C(=O)NC(Cc1cnc[nH]1)C(=O)N1CCCC1C(=O)NC(Cc1ccccc1)C(=O)NC(Cc1cnc[nH]1)C(=O)NC(CC(C)C)C(=O)O. The number of benzene rings is 2. The number of aromatic nitrogens is 4. The molecular weight excluding hydrogens is 1210 g/mol. The number of guanidine groups is 1. The van der Waals surface area contributed by atoms with Crippen LogP contribution in [-0.4, -0.2) is 185 Å². The van der Waals surface area contributed by atoms with Crippen molar-refractivity contribution in [1.29, 1.82) is 0 Å². The molecule has 0 saturated carbocycles. The summed E-state index contributed by atoms with van der Waals surface area (Å²) in [5.74, 6) is -11.7. The number of carbonyl (C=O) groups is 11. The first-order valence-corrected chi connectivity index (χ1v) is 30.9. The van der Waals surface area contributed by atoms with E-state index in [9.17, 15) is 63.3 Å². The zero-order valence-corrected chi connectivity index (χ0v) is 53.1. The van der Waals surface area contributed by atoms with Crippen molar-refractivity contribution in [1.82, 2.24) is 67.4 Å². The second-order valence-corrected chi connectivity index (χ2v) is 23.9. The number of phenolic OH excluding ortho intramolecular Hbond substituents is 1. The van der Waals surface area contributed by atoms with Gasteiger partial charge in [0.25, 0.3) is 0 Å². The number of nitrogens with zero attached hydrogens (tertiary/aromatic N) is 4. The van der Waals surface area contributed by atoms with Gasteiger partial charge >= 0.3 is 11.9 Å². The van der Waals surface area contributed by atoms with Gasteiger partial charge in [-0.25, -0.2) is 14.8 Å². The van der Waals surface area contributed by atoms with E-state index in [0.717, 1.165) is 0 Å². The number of imidazole rings is 2. The van der Waals surface area contributed by atoms with Gasteiger partial charge in [0, 0.05) is 62.6 Å². The summed E-state index contributed by atoms with van der Waals surface area (Å²) in [7, 11) is 0. The van der Waals surface area contributed by atoms with Crippen molar-refractivity contribution in [2.75, 3.05) is 13.1 Å². The van der Waals surface area contributed by atoms with Crippen LogP contribution in [0.15, 0.2) is 84.6 Å². The molecule has 0 bridgehead atoms. The highest BCUT2D eigenvalue weighted by Crippen LogP contribution is 2.22. The van der Waals surface area contributed by atoms with Crippen molar-refractivity contribution in [3.8, 4) is 5.75 Å². The Kier molecular flexibility index (Phi) is 28.7. The van der Waals surface area contributed by atoms with E-state index >= 15 is 4.79 Å². The number of likely N-dealkylation sites (tertiary alicyclic amines) is 1. The molecule has 2 aromatic heterocycles. The van der Waals surface area contributed by atoms with Crippen molar-refractivity contribution in [3.05, 3.63) is 102 Å². The molecule has 2 aromatic carbocycles. The van der Waals surface area contributed by atoms with Crippen molar-refractivity contribution >= 4 is 71.1 Å². The first-order chi connectivity index (χ1) is 44.1. The number of amides is 9. The molecule has 11 atom stereocenters. The van der Waals surface area contributed by atoms with Crippen LogP contribution in [0.5, 0.6) is 5.75 Å². The van der Waals surface area contributed by atoms with Crippen molar-refractivity contribution in [2.24, 2.45) is 39.9 Å². The fourth-order valence-electron chi connectivity index (χ4n) is 10.4. The molecule has 0 radical (unpaired) electrons. The van der Waals surface area contributed by atoms with E-state index in [0.29, 0.717) is 35.4 Å². The summed E-state index contributed by atoms with van der Waals surface area (Å²) in [6.45, 7) is 10.4. The maximum atomic E-state index is 15.1. The predicted octanol–water partition coefficient (Wildman–Crippen LogP) is -1.33. The lowest BCUT2D eigenvalue weighted by Crippen LogP contribution is -2.62. The molecule has 1 aliphatic rings. The Morgan fingerprint density at radius 2 is 1.13 bits per heavy atom. The van der Waals surface area contributed by atoms with E-state index in [1.165, 1.54) is 54.2 Å². The Bertz CT molecular complexity index is 3180. The number of hydrogen-bond donors (Lipinski definition) is 16. The highest BCUT2D eigenvalue weighted by atomic mass is 16.4. The van der Waals surface area contributed by atoms with E-state index in [2.05, 4.69) is 67.5 Å². The quantitative estimate of drug-likeness (QED) is 0.0141. The van der Waals surface area contributed by atoms with Gasteiger partial charge in [-0.1, -0.05) is 90.4 Å². The highest BCUT2D eigenvalue weighted by molar-refractivity contribution is 5.99. The monoisotopic (exact) mass is 1300 g/mol. The third-order valence-corrected chi connectivity index (χ3v) is 15.6. The minimum atomic E-state index is -1.53. The van der Waals surface area contributed by atoms with E-state index in [4.69, 9.17) is 17.2 Å². The lowest BCUT2D eigenvalue weighted by atomic mass is 9.96. The number of phenols is 1. The van der Waals surface area contributed by atoms with E-state index in [1.807, 2.05) is 0 Å². The molecule has 1 aliphatic heterocycles. The number of H-pyrrole nitrogens is 2. The number of aromatic hydroxyl groups is 1. The molecule has 3 heterocycles. The summed E-state index contributed by atoms with van der Waals surface area (Å²) in [4.78, 5) is 172. The van der Waals surface area contributed by atoms with Crippen LogP contribution in [0.1, 0.15) is 109 Å².